The molecule has 0 aliphatic heterocycles. The molecule has 0 fully saturated rings. The van der Waals surface area contributed by atoms with Gasteiger partial charge in [0.15, 0.2) is 0 Å². The monoisotopic (exact) mass is 301 g/mol. The predicted octanol–water partition coefficient (Wildman–Crippen LogP) is 0.774. The maximum atomic E-state index is 11.7. The van der Waals surface area contributed by atoms with E-state index < -0.39 is 10.0 Å². The molecule has 0 aliphatic carbocycles. The number of nitrogens with zero attached hydrogens (tertiary/aromatic N) is 3. The summed E-state index contributed by atoms with van der Waals surface area (Å²) < 4.78 is 24.5. The minimum Gasteiger partial charge on any atom is -0.370 e. The van der Waals surface area contributed by atoms with E-state index in [-0.39, 0.29) is 5.75 Å². The minimum absolute atomic E-state index is 0.0298. The van der Waals surface area contributed by atoms with Gasteiger partial charge in [-0.25, -0.2) is 22.7 Å². The number of sulfonamides is 1. The summed E-state index contributed by atoms with van der Waals surface area (Å²) in [5.41, 5.74) is 0. The standard InChI is InChI=1S/C12H23N5O2S/c1-5-10-15-11(13-6-2)9-12(16-10)14-7-8-20(18,19)17(3)4/h9H,5-8H2,1-4H3,(H2,13,14,15,16). The van der Waals surface area contributed by atoms with Crippen molar-refractivity contribution < 1.29 is 8.42 Å². The summed E-state index contributed by atoms with van der Waals surface area (Å²) in [5.74, 6) is 2.14. The summed E-state index contributed by atoms with van der Waals surface area (Å²) in [4.78, 5) is 8.67. The zero-order chi connectivity index (χ0) is 15.2. The molecule has 1 aromatic rings. The van der Waals surface area contributed by atoms with Crippen LogP contribution in [0.4, 0.5) is 11.6 Å². The van der Waals surface area contributed by atoms with Gasteiger partial charge in [0.05, 0.1) is 5.75 Å². The van der Waals surface area contributed by atoms with Crippen LogP contribution in [0.5, 0.6) is 0 Å². The summed E-state index contributed by atoms with van der Waals surface area (Å²) in [6.07, 6.45) is 0.726. The van der Waals surface area contributed by atoms with Gasteiger partial charge in [-0.1, -0.05) is 6.92 Å². The van der Waals surface area contributed by atoms with Crippen molar-refractivity contribution in [3.05, 3.63) is 11.9 Å². The Labute approximate surface area is 120 Å². The summed E-state index contributed by atoms with van der Waals surface area (Å²) >= 11 is 0. The normalized spacial score (nSPS) is 11.7. The van der Waals surface area contributed by atoms with Crippen LogP contribution in [-0.2, 0) is 16.4 Å². The number of hydrogen-bond acceptors (Lipinski definition) is 6. The summed E-state index contributed by atoms with van der Waals surface area (Å²) in [6, 6.07) is 1.78. The molecule has 8 heteroatoms. The molecular weight excluding hydrogens is 278 g/mol. The lowest BCUT2D eigenvalue weighted by atomic mass is 10.4. The third-order valence-corrected chi connectivity index (χ3v) is 4.50. The quantitative estimate of drug-likeness (QED) is 0.737. The van der Waals surface area contributed by atoms with Crippen LogP contribution in [0.25, 0.3) is 0 Å². The number of rotatable bonds is 8. The van der Waals surface area contributed by atoms with Crippen LogP contribution < -0.4 is 10.6 Å². The average Bonchev–Trinajstić information content (AvgIpc) is 2.38. The van der Waals surface area contributed by atoms with E-state index >= 15 is 0 Å². The van der Waals surface area contributed by atoms with Gasteiger partial charge in [0.25, 0.3) is 0 Å². The molecule has 2 N–H and O–H groups in total. The maximum Gasteiger partial charge on any atom is 0.215 e. The summed E-state index contributed by atoms with van der Waals surface area (Å²) in [7, 11) is -0.140. The molecule has 20 heavy (non-hydrogen) atoms. The lowest BCUT2D eigenvalue weighted by molar-refractivity contribution is 0.521. The Hall–Kier alpha value is -1.41. The Bertz CT molecular complexity index is 531. The van der Waals surface area contributed by atoms with E-state index in [0.29, 0.717) is 12.4 Å². The second-order valence-electron chi connectivity index (χ2n) is 4.46. The zero-order valence-corrected chi connectivity index (χ0v) is 13.3. The Balaban J connectivity index is 2.70. The van der Waals surface area contributed by atoms with Crippen molar-refractivity contribution in [2.45, 2.75) is 20.3 Å². The van der Waals surface area contributed by atoms with Gasteiger partial charge >= 0.3 is 0 Å². The van der Waals surface area contributed by atoms with Crippen LogP contribution in [0.15, 0.2) is 6.07 Å². The fourth-order valence-corrected chi connectivity index (χ4v) is 2.23. The van der Waals surface area contributed by atoms with Gasteiger partial charge in [0.2, 0.25) is 10.0 Å². The first kappa shape index (κ1) is 16.6. The fourth-order valence-electron chi connectivity index (χ4n) is 1.51. The maximum absolute atomic E-state index is 11.7. The van der Waals surface area contributed by atoms with E-state index in [1.54, 1.807) is 6.07 Å². The van der Waals surface area contributed by atoms with Gasteiger partial charge < -0.3 is 10.6 Å². The Morgan fingerprint density at radius 1 is 1.15 bits per heavy atom. The highest BCUT2D eigenvalue weighted by molar-refractivity contribution is 7.89. The summed E-state index contributed by atoms with van der Waals surface area (Å²) in [6.45, 7) is 5.05. The van der Waals surface area contributed by atoms with Crippen LogP contribution >= 0.6 is 0 Å². The van der Waals surface area contributed by atoms with Crippen molar-refractivity contribution >= 4 is 21.7 Å². The van der Waals surface area contributed by atoms with E-state index in [4.69, 9.17) is 0 Å². The first-order valence-corrected chi connectivity index (χ1v) is 8.25. The first-order chi connectivity index (χ1) is 9.39. The van der Waals surface area contributed by atoms with E-state index in [9.17, 15) is 8.42 Å². The van der Waals surface area contributed by atoms with Crippen molar-refractivity contribution in [1.29, 1.82) is 0 Å². The van der Waals surface area contributed by atoms with Crippen LogP contribution in [0.2, 0.25) is 0 Å². The lowest BCUT2D eigenvalue weighted by Crippen LogP contribution is -2.28. The lowest BCUT2D eigenvalue weighted by Gasteiger charge is -2.13. The van der Waals surface area contributed by atoms with Gasteiger partial charge in [-0.2, -0.15) is 0 Å². The second-order valence-corrected chi connectivity index (χ2v) is 6.77. The Morgan fingerprint density at radius 3 is 2.25 bits per heavy atom. The fraction of sp³-hybridized carbons (Fsp3) is 0.667. The van der Waals surface area contributed by atoms with Crippen LogP contribution in [0.1, 0.15) is 19.7 Å². The van der Waals surface area contributed by atoms with E-state index in [1.807, 2.05) is 13.8 Å². The van der Waals surface area contributed by atoms with E-state index in [0.717, 1.165) is 24.6 Å². The second kappa shape index (κ2) is 7.39. The number of anilines is 2. The van der Waals surface area contributed by atoms with Gasteiger partial charge in [0, 0.05) is 39.7 Å². The average molecular weight is 301 g/mol. The minimum atomic E-state index is -3.19. The van der Waals surface area contributed by atoms with Crippen molar-refractivity contribution in [3.8, 4) is 0 Å². The highest BCUT2D eigenvalue weighted by atomic mass is 32.2. The van der Waals surface area contributed by atoms with Crippen molar-refractivity contribution in [2.75, 3.05) is 43.6 Å². The zero-order valence-electron chi connectivity index (χ0n) is 12.5. The van der Waals surface area contributed by atoms with Crippen LogP contribution in [0.3, 0.4) is 0 Å². The SMILES string of the molecule is CCNc1cc(NCCS(=O)(=O)N(C)C)nc(CC)n1. The molecule has 0 spiro atoms. The first-order valence-electron chi connectivity index (χ1n) is 6.65. The molecule has 0 unspecified atom stereocenters. The van der Waals surface area contributed by atoms with Crippen molar-refractivity contribution in [2.24, 2.45) is 0 Å². The molecule has 1 rings (SSSR count). The van der Waals surface area contributed by atoms with Gasteiger partial charge in [0.1, 0.15) is 17.5 Å². The molecule has 0 aromatic carbocycles. The molecule has 1 aromatic heterocycles. The molecule has 0 saturated heterocycles. The van der Waals surface area contributed by atoms with Gasteiger partial charge in [-0.3, -0.25) is 0 Å². The molecule has 114 valence electrons. The topological polar surface area (TPSA) is 87.2 Å². The van der Waals surface area contributed by atoms with Crippen LogP contribution in [0, 0.1) is 0 Å². The molecule has 0 saturated carbocycles. The third kappa shape index (κ3) is 4.93. The number of aromatic nitrogens is 2. The summed E-state index contributed by atoms with van der Waals surface area (Å²) in [5, 5.41) is 6.16. The third-order valence-electron chi connectivity index (χ3n) is 2.67. The molecular formula is C12H23N5O2S. The molecule has 0 amide bonds. The van der Waals surface area contributed by atoms with Gasteiger partial charge in [-0.05, 0) is 6.92 Å². The highest BCUT2D eigenvalue weighted by Crippen LogP contribution is 2.11. The van der Waals surface area contributed by atoms with E-state index in [1.165, 1.54) is 18.4 Å². The molecule has 0 radical (unpaired) electrons. The Kier molecular flexibility index (Phi) is 6.15. The molecule has 0 aliphatic rings. The Morgan fingerprint density at radius 2 is 1.75 bits per heavy atom. The molecule has 1 heterocycles. The molecule has 0 bridgehead atoms. The number of aryl methyl sites for hydroxylation is 1. The number of nitrogens with one attached hydrogen (secondary N) is 2. The van der Waals surface area contributed by atoms with Crippen LogP contribution in [-0.4, -0.2) is 55.6 Å². The predicted molar refractivity (Wildman–Crippen MR) is 81.5 cm³/mol. The van der Waals surface area contributed by atoms with E-state index in [2.05, 4.69) is 20.6 Å². The molecule has 0 atom stereocenters. The highest BCUT2D eigenvalue weighted by Gasteiger charge is 2.13. The van der Waals surface area contributed by atoms with Gasteiger partial charge in [-0.15, -0.1) is 0 Å². The molecule has 7 nitrogen and oxygen atoms in total. The van der Waals surface area contributed by atoms with Crippen molar-refractivity contribution in [3.63, 3.8) is 0 Å². The largest absolute Gasteiger partial charge is 0.370 e. The number of hydrogen-bond donors (Lipinski definition) is 2. The van der Waals surface area contributed by atoms with Crippen molar-refractivity contribution in [1.82, 2.24) is 14.3 Å². The smallest absolute Gasteiger partial charge is 0.215 e.